The highest BCUT2D eigenvalue weighted by Crippen LogP contribution is 2.43. The molecule has 72 valence electrons. The van der Waals surface area contributed by atoms with Gasteiger partial charge in [0.05, 0.1) is 0 Å². The normalized spacial score (nSPS) is 16.4. The number of aryl methyl sites for hydroxylation is 1. The van der Waals surface area contributed by atoms with Crippen LogP contribution >= 0.6 is 15.9 Å². The molecule has 0 unspecified atom stereocenters. The highest BCUT2D eigenvalue weighted by atomic mass is 79.9. The minimum atomic E-state index is 0.823. The molecule has 1 aromatic carbocycles. The Morgan fingerprint density at radius 1 is 1.36 bits per heavy atom. The molecule has 1 N–H and O–H groups in total. The van der Waals surface area contributed by atoms with Crippen LogP contribution in [0.1, 0.15) is 29.9 Å². The molecule has 1 saturated carbocycles. The van der Waals surface area contributed by atoms with Crippen LogP contribution in [0.15, 0.2) is 22.8 Å². The van der Waals surface area contributed by atoms with Crippen molar-refractivity contribution in [2.75, 3.05) is 0 Å². The van der Waals surface area contributed by atoms with E-state index >= 15 is 0 Å². The van der Waals surface area contributed by atoms with E-state index in [2.05, 4.69) is 46.2 Å². The Hall–Kier alpha value is -0.760. The second-order valence-corrected chi connectivity index (χ2v) is 4.97. The largest absolute Gasteiger partial charge is 0.361 e. The van der Waals surface area contributed by atoms with E-state index in [9.17, 15) is 0 Å². The Bertz CT molecular complexity index is 494. The minimum Gasteiger partial charge on any atom is -0.361 e. The summed E-state index contributed by atoms with van der Waals surface area (Å²) in [7, 11) is 0. The fraction of sp³-hybridized carbons (Fsp3) is 0.333. The molecule has 3 rings (SSSR count). The number of aromatic nitrogens is 1. The van der Waals surface area contributed by atoms with Crippen molar-refractivity contribution in [1.29, 1.82) is 0 Å². The van der Waals surface area contributed by atoms with E-state index < -0.39 is 0 Å². The highest BCUT2D eigenvalue weighted by Gasteiger charge is 2.26. The van der Waals surface area contributed by atoms with Crippen LogP contribution in [-0.2, 0) is 0 Å². The zero-order valence-corrected chi connectivity index (χ0v) is 9.69. The summed E-state index contributed by atoms with van der Waals surface area (Å²) >= 11 is 3.56. The lowest BCUT2D eigenvalue weighted by Gasteiger charge is -2.00. The van der Waals surface area contributed by atoms with E-state index in [-0.39, 0.29) is 0 Å². The van der Waals surface area contributed by atoms with Gasteiger partial charge in [-0.2, -0.15) is 0 Å². The van der Waals surface area contributed by atoms with Crippen molar-refractivity contribution in [3.05, 3.63) is 33.9 Å². The number of rotatable bonds is 1. The van der Waals surface area contributed by atoms with Gasteiger partial charge in [-0.1, -0.05) is 22.0 Å². The molecule has 0 amide bonds. The number of halogens is 1. The van der Waals surface area contributed by atoms with Gasteiger partial charge < -0.3 is 4.98 Å². The summed E-state index contributed by atoms with van der Waals surface area (Å²) in [5.41, 5.74) is 4.12. The number of hydrogen-bond acceptors (Lipinski definition) is 0. The van der Waals surface area contributed by atoms with Gasteiger partial charge >= 0.3 is 0 Å². The molecule has 2 aromatic rings. The minimum absolute atomic E-state index is 0.823. The predicted octanol–water partition coefficient (Wildman–Crippen LogP) is 4.12. The number of benzene rings is 1. The Morgan fingerprint density at radius 2 is 2.14 bits per heavy atom. The van der Waals surface area contributed by atoms with Crippen molar-refractivity contribution in [2.24, 2.45) is 0 Å². The van der Waals surface area contributed by atoms with Gasteiger partial charge in [0.2, 0.25) is 0 Å². The number of hydrogen-bond donors (Lipinski definition) is 1. The molecule has 0 spiro atoms. The quantitative estimate of drug-likeness (QED) is 0.783. The van der Waals surface area contributed by atoms with E-state index in [1.165, 1.54) is 39.3 Å². The van der Waals surface area contributed by atoms with Gasteiger partial charge in [0, 0.05) is 21.6 Å². The molecule has 14 heavy (non-hydrogen) atoms. The molecule has 1 aliphatic rings. The first-order valence-electron chi connectivity index (χ1n) is 5.03. The standard InChI is InChI=1S/C12H12BrN/c1-7-11(13)5-4-9-10(8-2-3-8)6-14-12(7)9/h4-6,8,14H,2-3H2,1H3. The first kappa shape index (κ1) is 8.54. The second-order valence-electron chi connectivity index (χ2n) is 4.11. The lowest BCUT2D eigenvalue weighted by Crippen LogP contribution is -1.79. The number of nitrogens with one attached hydrogen (secondary N) is 1. The molecule has 0 aliphatic heterocycles. The second kappa shape index (κ2) is 2.86. The van der Waals surface area contributed by atoms with Crippen LogP contribution in [0.25, 0.3) is 10.9 Å². The number of fused-ring (bicyclic) bond motifs is 1. The highest BCUT2D eigenvalue weighted by molar-refractivity contribution is 9.10. The summed E-state index contributed by atoms with van der Waals surface area (Å²) in [4.78, 5) is 3.39. The van der Waals surface area contributed by atoms with Gasteiger partial charge in [0.15, 0.2) is 0 Å². The van der Waals surface area contributed by atoms with E-state index in [4.69, 9.17) is 0 Å². The van der Waals surface area contributed by atoms with Crippen LogP contribution in [0.2, 0.25) is 0 Å². The van der Waals surface area contributed by atoms with Crippen LogP contribution in [-0.4, -0.2) is 4.98 Å². The van der Waals surface area contributed by atoms with Crippen LogP contribution in [0, 0.1) is 6.92 Å². The van der Waals surface area contributed by atoms with E-state index in [0.717, 1.165) is 5.92 Å². The summed E-state index contributed by atoms with van der Waals surface area (Å²) < 4.78 is 1.19. The van der Waals surface area contributed by atoms with E-state index in [0.29, 0.717) is 0 Å². The summed E-state index contributed by atoms with van der Waals surface area (Å²) in [6.45, 7) is 2.15. The maximum absolute atomic E-state index is 3.56. The van der Waals surface area contributed by atoms with Gasteiger partial charge in [0.1, 0.15) is 0 Å². The van der Waals surface area contributed by atoms with Crippen LogP contribution < -0.4 is 0 Å². The molecule has 1 aromatic heterocycles. The summed E-state index contributed by atoms with van der Waals surface area (Å²) in [6.07, 6.45) is 4.91. The van der Waals surface area contributed by atoms with Gasteiger partial charge in [-0.25, -0.2) is 0 Å². The van der Waals surface area contributed by atoms with Gasteiger partial charge in [-0.3, -0.25) is 0 Å². The van der Waals surface area contributed by atoms with Crippen molar-refractivity contribution >= 4 is 26.8 Å². The molecule has 0 bridgehead atoms. The fourth-order valence-corrected chi connectivity index (χ4v) is 2.40. The lowest BCUT2D eigenvalue weighted by atomic mass is 10.1. The summed E-state index contributed by atoms with van der Waals surface area (Å²) in [5, 5.41) is 1.41. The third kappa shape index (κ3) is 1.13. The molecular formula is C12H12BrN. The van der Waals surface area contributed by atoms with Crippen LogP contribution in [0.3, 0.4) is 0 Å². The first-order valence-corrected chi connectivity index (χ1v) is 5.83. The molecule has 1 heterocycles. The van der Waals surface area contributed by atoms with Gasteiger partial charge in [0.25, 0.3) is 0 Å². The van der Waals surface area contributed by atoms with Gasteiger partial charge in [-0.05, 0) is 42.9 Å². The monoisotopic (exact) mass is 249 g/mol. The van der Waals surface area contributed by atoms with Crippen molar-refractivity contribution in [2.45, 2.75) is 25.7 Å². The van der Waals surface area contributed by atoms with Crippen molar-refractivity contribution in [3.8, 4) is 0 Å². The molecule has 0 saturated heterocycles. The Labute approximate surface area is 91.6 Å². The Kier molecular flexibility index (Phi) is 1.75. The fourth-order valence-electron chi connectivity index (χ4n) is 2.07. The molecule has 0 radical (unpaired) electrons. The molecular weight excluding hydrogens is 238 g/mol. The summed E-state index contributed by atoms with van der Waals surface area (Å²) in [5.74, 6) is 0.823. The van der Waals surface area contributed by atoms with Crippen molar-refractivity contribution in [3.63, 3.8) is 0 Å². The lowest BCUT2D eigenvalue weighted by molar-refractivity contribution is 1.15. The molecule has 1 aliphatic carbocycles. The first-order chi connectivity index (χ1) is 6.77. The average molecular weight is 250 g/mol. The molecule has 0 atom stereocenters. The van der Waals surface area contributed by atoms with Gasteiger partial charge in [-0.15, -0.1) is 0 Å². The maximum Gasteiger partial charge on any atom is 0.0497 e. The zero-order chi connectivity index (χ0) is 9.71. The summed E-state index contributed by atoms with van der Waals surface area (Å²) in [6, 6.07) is 4.37. The topological polar surface area (TPSA) is 15.8 Å². The SMILES string of the molecule is Cc1c(Br)ccc2c(C3CC3)c[nH]c12. The van der Waals surface area contributed by atoms with Crippen molar-refractivity contribution in [1.82, 2.24) is 4.98 Å². The smallest absolute Gasteiger partial charge is 0.0497 e. The Morgan fingerprint density at radius 3 is 2.86 bits per heavy atom. The van der Waals surface area contributed by atoms with E-state index in [1.807, 2.05) is 0 Å². The number of aromatic amines is 1. The molecule has 2 heteroatoms. The maximum atomic E-state index is 3.56. The number of H-pyrrole nitrogens is 1. The van der Waals surface area contributed by atoms with Crippen LogP contribution in [0.4, 0.5) is 0 Å². The zero-order valence-electron chi connectivity index (χ0n) is 8.10. The third-order valence-electron chi connectivity index (χ3n) is 3.10. The molecule has 1 nitrogen and oxygen atoms in total. The average Bonchev–Trinajstić information content (AvgIpc) is 2.93. The van der Waals surface area contributed by atoms with Crippen molar-refractivity contribution < 1.29 is 0 Å². The third-order valence-corrected chi connectivity index (χ3v) is 3.96. The van der Waals surface area contributed by atoms with E-state index in [1.54, 1.807) is 0 Å². The van der Waals surface area contributed by atoms with Crippen LogP contribution in [0.5, 0.6) is 0 Å². The predicted molar refractivity (Wildman–Crippen MR) is 62.7 cm³/mol. The molecule has 1 fully saturated rings. The Balaban J connectivity index is 2.31.